The van der Waals surface area contributed by atoms with Gasteiger partial charge in [-0.05, 0) is 12.1 Å². The van der Waals surface area contributed by atoms with E-state index in [-0.39, 0.29) is 11.5 Å². The summed E-state index contributed by atoms with van der Waals surface area (Å²) in [7, 11) is 0. The molecule has 0 atom stereocenters. The number of H-pyrrole nitrogens is 1. The highest BCUT2D eigenvalue weighted by atomic mass is 16.6. The normalized spacial score (nSPS) is 9.69. The highest BCUT2D eigenvalue weighted by Crippen LogP contribution is 2.20. The summed E-state index contributed by atoms with van der Waals surface area (Å²) in [6.45, 7) is 0. The minimum Gasteiger partial charge on any atom is -0.336 e. The van der Waals surface area contributed by atoms with Crippen LogP contribution in [0.5, 0.6) is 0 Å². The largest absolute Gasteiger partial charge is 0.336 e. The Morgan fingerprint density at radius 2 is 2.06 bits per heavy atom. The van der Waals surface area contributed by atoms with Gasteiger partial charge in [-0.25, -0.2) is 4.98 Å². The average Bonchev–Trinajstić information content (AvgIpc) is 2.77. The molecule has 0 saturated carbocycles. The number of non-ortho nitro benzene ring substituents is 1. The summed E-state index contributed by atoms with van der Waals surface area (Å²) in [6, 6.07) is 7.86. The molecule has 0 amide bonds. The summed E-state index contributed by atoms with van der Waals surface area (Å²) in [4.78, 5) is 16.6. The van der Waals surface area contributed by atoms with Crippen LogP contribution in [0.4, 0.5) is 5.69 Å². The first-order valence-corrected chi connectivity index (χ1v) is 4.41. The number of nitro groups is 1. The van der Waals surface area contributed by atoms with Crippen LogP contribution in [0.3, 0.4) is 0 Å². The SMILES string of the molecule is N#Cc1nc(-c2ccc([N+](=O)[O-])cc2)c[nH]1. The fourth-order valence-corrected chi connectivity index (χ4v) is 1.28. The first kappa shape index (κ1) is 9.86. The molecule has 2 rings (SSSR count). The number of nitriles is 1. The minimum atomic E-state index is -0.463. The predicted octanol–water partition coefficient (Wildman–Crippen LogP) is 1.86. The lowest BCUT2D eigenvalue weighted by molar-refractivity contribution is -0.384. The lowest BCUT2D eigenvalue weighted by Crippen LogP contribution is -1.87. The zero-order valence-electron chi connectivity index (χ0n) is 8.04. The number of rotatable bonds is 2. The molecule has 1 heterocycles. The zero-order chi connectivity index (χ0) is 11.5. The van der Waals surface area contributed by atoms with E-state index < -0.39 is 4.92 Å². The van der Waals surface area contributed by atoms with Crippen LogP contribution < -0.4 is 0 Å². The molecule has 0 aliphatic heterocycles. The predicted molar refractivity (Wildman–Crippen MR) is 55.4 cm³/mol. The average molecular weight is 214 g/mol. The molecule has 0 radical (unpaired) electrons. The van der Waals surface area contributed by atoms with Crippen molar-refractivity contribution in [2.75, 3.05) is 0 Å². The first-order chi connectivity index (χ1) is 7.70. The molecule has 0 unspecified atom stereocenters. The molecule has 16 heavy (non-hydrogen) atoms. The Morgan fingerprint density at radius 1 is 1.38 bits per heavy atom. The molecule has 0 bridgehead atoms. The van der Waals surface area contributed by atoms with Crippen LogP contribution in [-0.2, 0) is 0 Å². The van der Waals surface area contributed by atoms with Gasteiger partial charge in [-0.2, -0.15) is 5.26 Å². The fourth-order valence-electron chi connectivity index (χ4n) is 1.28. The lowest BCUT2D eigenvalue weighted by Gasteiger charge is -1.95. The molecule has 1 N–H and O–H groups in total. The Morgan fingerprint density at radius 3 is 2.56 bits per heavy atom. The van der Waals surface area contributed by atoms with Gasteiger partial charge in [0.2, 0.25) is 5.82 Å². The molecule has 0 fully saturated rings. The summed E-state index contributed by atoms with van der Waals surface area (Å²) in [5.74, 6) is 0.216. The monoisotopic (exact) mass is 214 g/mol. The van der Waals surface area contributed by atoms with Gasteiger partial charge in [-0.1, -0.05) is 0 Å². The second-order valence-corrected chi connectivity index (χ2v) is 3.05. The van der Waals surface area contributed by atoms with Gasteiger partial charge >= 0.3 is 0 Å². The number of imidazole rings is 1. The van der Waals surface area contributed by atoms with E-state index in [9.17, 15) is 10.1 Å². The van der Waals surface area contributed by atoms with Crippen LogP contribution in [0.2, 0.25) is 0 Å². The van der Waals surface area contributed by atoms with E-state index >= 15 is 0 Å². The molecule has 0 saturated heterocycles. The standard InChI is InChI=1S/C10H6N4O2/c11-5-10-12-6-9(13-10)7-1-3-8(4-2-7)14(15)16/h1-4,6H,(H,12,13). The van der Waals surface area contributed by atoms with Crippen LogP contribution in [0.15, 0.2) is 30.5 Å². The Labute approximate surface area is 90.3 Å². The van der Waals surface area contributed by atoms with Crippen molar-refractivity contribution < 1.29 is 4.92 Å². The Kier molecular flexibility index (Phi) is 2.36. The van der Waals surface area contributed by atoms with E-state index in [1.807, 2.05) is 6.07 Å². The van der Waals surface area contributed by atoms with Crippen LogP contribution in [0, 0.1) is 21.4 Å². The molecule has 2 aromatic rings. The van der Waals surface area contributed by atoms with Gasteiger partial charge in [0, 0.05) is 23.9 Å². The molecule has 0 spiro atoms. The van der Waals surface area contributed by atoms with Gasteiger partial charge in [-0.15, -0.1) is 0 Å². The molecular weight excluding hydrogens is 208 g/mol. The molecule has 6 heteroatoms. The maximum atomic E-state index is 10.4. The third-order valence-electron chi connectivity index (χ3n) is 2.06. The molecular formula is C10H6N4O2. The minimum absolute atomic E-state index is 0.0276. The van der Waals surface area contributed by atoms with Crippen LogP contribution in [0.1, 0.15) is 5.82 Å². The molecule has 0 aliphatic carbocycles. The van der Waals surface area contributed by atoms with E-state index in [2.05, 4.69) is 9.97 Å². The van der Waals surface area contributed by atoms with Crippen molar-refractivity contribution in [1.29, 1.82) is 5.26 Å². The lowest BCUT2D eigenvalue weighted by atomic mass is 10.1. The van der Waals surface area contributed by atoms with Gasteiger partial charge in [-0.3, -0.25) is 10.1 Å². The van der Waals surface area contributed by atoms with Crippen molar-refractivity contribution in [2.24, 2.45) is 0 Å². The summed E-state index contributed by atoms with van der Waals surface area (Å²) >= 11 is 0. The number of nitrogens with one attached hydrogen (secondary N) is 1. The van der Waals surface area contributed by atoms with Crippen LogP contribution in [-0.4, -0.2) is 14.9 Å². The fraction of sp³-hybridized carbons (Fsp3) is 0. The van der Waals surface area contributed by atoms with E-state index in [4.69, 9.17) is 5.26 Å². The number of nitrogens with zero attached hydrogens (tertiary/aromatic N) is 3. The van der Waals surface area contributed by atoms with Crippen LogP contribution in [0.25, 0.3) is 11.3 Å². The third-order valence-corrected chi connectivity index (χ3v) is 2.06. The molecule has 1 aromatic heterocycles. The van der Waals surface area contributed by atoms with Crippen molar-refractivity contribution in [2.45, 2.75) is 0 Å². The van der Waals surface area contributed by atoms with E-state index in [1.165, 1.54) is 12.1 Å². The number of benzene rings is 1. The summed E-state index contributed by atoms with van der Waals surface area (Å²) < 4.78 is 0. The van der Waals surface area contributed by atoms with Crippen molar-refractivity contribution in [1.82, 2.24) is 9.97 Å². The highest BCUT2D eigenvalue weighted by molar-refractivity contribution is 5.60. The summed E-state index contributed by atoms with van der Waals surface area (Å²) in [6.07, 6.45) is 1.58. The van der Waals surface area contributed by atoms with Crippen molar-refractivity contribution in [3.63, 3.8) is 0 Å². The van der Waals surface area contributed by atoms with E-state index in [0.29, 0.717) is 5.69 Å². The van der Waals surface area contributed by atoms with E-state index in [1.54, 1.807) is 18.3 Å². The molecule has 0 aliphatic rings. The molecule has 78 valence electrons. The summed E-state index contributed by atoms with van der Waals surface area (Å²) in [5, 5.41) is 19.0. The van der Waals surface area contributed by atoms with Crippen molar-refractivity contribution in [3.8, 4) is 17.3 Å². The number of aromatic amines is 1. The Bertz CT molecular complexity index is 565. The van der Waals surface area contributed by atoms with Gasteiger partial charge < -0.3 is 4.98 Å². The van der Waals surface area contributed by atoms with Crippen molar-refractivity contribution >= 4 is 5.69 Å². The maximum Gasteiger partial charge on any atom is 0.269 e. The molecule has 6 nitrogen and oxygen atoms in total. The Balaban J connectivity index is 2.35. The van der Waals surface area contributed by atoms with E-state index in [0.717, 1.165) is 5.56 Å². The maximum absolute atomic E-state index is 10.4. The number of hydrogen-bond acceptors (Lipinski definition) is 4. The zero-order valence-corrected chi connectivity index (χ0v) is 8.04. The topological polar surface area (TPSA) is 95.6 Å². The van der Waals surface area contributed by atoms with Gasteiger partial charge in [0.05, 0.1) is 10.6 Å². The highest BCUT2D eigenvalue weighted by Gasteiger charge is 2.07. The van der Waals surface area contributed by atoms with Crippen molar-refractivity contribution in [3.05, 3.63) is 46.4 Å². The first-order valence-electron chi connectivity index (χ1n) is 4.41. The van der Waals surface area contributed by atoms with Crippen LogP contribution >= 0.6 is 0 Å². The number of aromatic nitrogens is 2. The quantitative estimate of drug-likeness (QED) is 0.609. The molecule has 1 aromatic carbocycles. The van der Waals surface area contributed by atoms with Gasteiger partial charge in [0.25, 0.3) is 5.69 Å². The number of hydrogen-bond donors (Lipinski definition) is 1. The van der Waals surface area contributed by atoms with Gasteiger partial charge in [0.1, 0.15) is 6.07 Å². The second-order valence-electron chi connectivity index (χ2n) is 3.05. The Hall–Kier alpha value is -2.68. The third kappa shape index (κ3) is 1.74. The second kappa shape index (κ2) is 3.82. The van der Waals surface area contributed by atoms with Gasteiger partial charge in [0.15, 0.2) is 0 Å². The smallest absolute Gasteiger partial charge is 0.269 e. The summed E-state index contributed by atoms with van der Waals surface area (Å²) in [5.41, 5.74) is 1.34. The number of nitro benzene ring substituents is 1.